The summed E-state index contributed by atoms with van der Waals surface area (Å²) in [4.78, 5) is 9.59. The molecule has 0 aliphatic carbocycles. The van der Waals surface area contributed by atoms with Crippen molar-refractivity contribution in [2.24, 2.45) is 0 Å². The average molecular weight is 683 g/mol. The molecule has 0 N–H and O–H groups in total. The molecule has 0 amide bonds. The van der Waals surface area contributed by atoms with Gasteiger partial charge in [-0.05, 0) is 116 Å². The van der Waals surface area contributed by atoms with E-state index in [1.807, 2.05) is 30.3 Å². The van der Waals surface area contributed by atoms with Crippen molar-refractivity contribution in [2.45, 2.75) is 0 Å². The van der Waals surface area contributed by atoms with E-state index in [-0.39, 0.29) is 0 Å². The number of aromatic nitrogens is 2. The number of thiazole rings is 1. The van der Waals surface area contributed by atoms with E-state index in [4.69, 9.17) is 14.4 Å². The molecular formula is C48H30N2OS. The highest BCUT2D eigenvalue weighted by atomic mass is 32.1. The van der Waals surface area contributed by atoms with Crippen LogP contribution in [0.2, 0.25) is 0 Å². The van der Waals surface area contributed by atoms with E-state index in [0.29, 0.717) is 5.89 Å². The third kappa shape index (κ3) is 5.65. The van der Waals surface area contributed by atoms with Gasteiger partial charge >= 0.3 is 0 Å². The lowest BCUT2D eigenvalue weighted by Gasteiger charge is -2.13. The van der Waals surface area contributed by atoms with Gasteiger partial charge in [-0.1, -0.05) is 121 Å². The monoisotopic (exact) mass is 682 g/mol. The molecule has 0 spiro atoms. The fraction of sp³-hybridized carbons (Fsp3) is 0. The van der Waals surface area contributed by atoms with Crippen LogP contribution in [0.5, 0.6) is 0 Å². The Morgan fingerprint density at radius 2 is 0.846 bits per heavy atom. The molecule has 3 nitrogen and oxygen atoms in total. The second kappa shape index (κ2) is 12.6. The molecule has 4 heteroatoms. The van der Waals surface area contributed by atoms with Crippen molar-refractivity contribution in [3.63, 3.8) is 0 Å². The van der Waals surface area contributed by atoms with Gasteiger partial charge in [0, 0.05) is 11.1 Å². The van der Waals surface area contributed by atoms with Crippen LogP contribution in [-0.4, -0.2) is 9.97 Å². The van der Waals surface area contributed by atoms with E-state index in [9.17, 15) is 0 Å². The lowest BCUT2D eigenvalue weighted by Crippen LogP contribution is -1.88. The molecule has 0 unspecified atom stereocenters. The van der Waals surface area contributed by atoms with E-state index < -0.39 is 0 Å². The predicted octanol–water partition coefficient (Wildman–Crippen LogP) is 13.6. The Morgan fingerprint density at radius 3 is 1.48 bits per heavy atom. The first-order chi connectivity index (χ1) is 25.7. The van der Waals surface area contributed by atoms with Crippen LogP contribution < -0.4 is 0 Å². The van der Waals surface area contributed by atoms with Crippen molar-refractivity contribution < 1.29 is 4.42 Å². The van der Waals surface area contributed by atoms with Crippen molar-refractivity contribution in [3.8, 4) is 66.5 Å². The maximum Gasteiger partial charge on any atom is 0.227 e. The third-order valence-corrected chi connectivity index (χ3v) is 10.8. The van der Waals surface area contributed by atoms with Gasteiger partial charge in [-0.2, -0.15) is 0 Å². The van der Waals surface area contributed by atoms with E-state index in [2.05, 4.69) is 152 Å². The van der Waals surface area contributed by atoms with Gasteiger partial charge in [0.25, 0.3) is 0 Å². The van der Waals surface area contributed by atoms with Crippen molar-refractivity contribution in [1.29, 1.82) is 0 Å². The molecule has 0 aliphatic rings. The lowest BCUT2D eigenvalue weighted by atomic mass is 9.92. The molecule has 0 saturated carbocycles. The predicted molar refractivity (Wildman–Crippen MR) is 217 cm³/mol. The van der Waals surface area contributed by atoms with Gasteiger partial charge in [-0.15, -0.1) is 11.3 Å². The standard InChI is InChI=1S/C48H30N2OS/c1-2-8-38-27-39(26-21-31(38)7-1)32-13-15-33(16-14-32)40-28-41(34-17-22-36(23-18-34)47-49-43-9-3-5-11-45(43)51-47)30-42(29-40)35-19-24-37(25-20-35)48-50-44-10-4-6-12-46(44)52-48/h1-30H. The molecule has 8 aromatic carbocycles. The summed E-state index contributed by atoms with van der Waals surface area (Å²) in [5.41, 5.74) is 14.1. The van der Waals surface area contributed by atoms with Gasteiger partial charge in [0.15, 0.2) is 5.58 Å². The molecule has 0 bridgehead atoms. The Balaban J connectivity index is 1.02. The largest absolute Gasteiger partial charge is 0.436 e. The van der Waals surface area contributed by atoms with Gasteiger partial charge < -0.3 is 4.42 Å². The molecule has 0 radical (unpaired) electrons. The number of hydrogen-bond acceptors (Lipinski definition) is 4. The van der Waals surface area contributed by atoms with E-state index in [1.54, 1.807) is 11.3 Å². The average Bonchev–Trinajstić information content (AvgIpc) is 3.86. The normalized spacial score (nSPS) is 11.5. The zero-order valence-electron chi connectivity index (χ0n) is 28.0. The summed E-state index contributed by atoms with van der Waals surface area (Å²) in [5.74, 6) is 0.627. The first-order valence-electron chi connectivity index (χ1n) is 17.4. The smallest absolute Gasteiger partial charge is 0.227 e. The number of nitrogens with zero attached hydrogens (tertiary/aromatic N) is 2. The van der Waals surface area contributed by atoms with Gasteiger partial charge in [0.05, 0.1) is 10.2 Å². The SMILES string of the molecule is c1ccc2cc(-c3ccc(-c4cc(-c5ccc(-c6nc7ccccc7o6)cc5)cc(-c5ccc(-c6nc7ccccc7s6)cc5)c4)cc3)ccc2c1. The molecule has 0 aliphatic heterocycles. The van der Waals surface area contributed by atoms with Crippen LogP contribution in [0.1, 0.15) is 0 Å². The van der Waals surface area contributed by atoms with Gasteiger partial charge in [-0.3, -0.25) is 0 Å². The second-order valence-electron chi connectivity index (χ2n) is 13.1. The van der Waals surface area contributed by atoms with E-state index >= 15 is 0 Å². The summed E-state index contributed by atoms with van der Waals surface area (Å²) < 4.78 is 7.26. The molecule has 2 heterocycles. The molecule has 2 aromatic heterocycles. The zero-order chi connectivity index (χ0) is 34.4. The Kier molecular flexibility index (Phi) is 7.33. The maximum absolute atomic E-state index is 6.06. The number of benzene rings is 8. The maximum atomic E-state index is 6.06. The molecular weight excluding hydrogens is 653 g/mol. The Hall–Kier alpha value is -6.62. The molecule has 10 rings (SSSR count). The van der Waals surface area contributed by atoms with Crippen molar-refractivity contribution in [2.75, 3.05) is 0 Å². The summed E-state index contributed by atoms with van der Waals surface area (Å²) in [6, 6.07) is 64.5. The second-order valence-corrected chi connectivity index (χ2v) is 14.1. The zero-order valence-corrected chi connectivity index (χ0v) is 28.8. The molecule has 0 saturated heterocycles. The molecule has 52 heavy (non-hydrogen) atoms. The summed E-state index contributed by atoms with van der Waals surface area (Å²) in [6.07, 6.45) is 0. The van der Waals surface area contributed by atoms with Crippen LogP contribution in [0.15, 0.2) is 186 Å². The number of fused-ring (bicyclic) bond motifs is 3. The number of hydrogen-bond donors (Lipinski definition) is 0. The van der Waals surface area contributed by atoms with Crippen molar-refractivity contribution >= 4 is 43.4 Å². The third-order valence-electron chi connectivity index (χ3n) is 9.75. The number of rotatable bonds is 6. The van der Waals surface area contributed by atoms with Crippen LogP contribution in [0.3, 0.4) is 0 Å². The van der Waals surface area contributed by atoms with E-state index in [0.717, 1.165) is 60.6 Å². The number of para-hydroxylation sites is 3. The minimum Gasteiger partial charge on any atom is -0.436 e. The Morgan fingerprint density at radius 1 is 0.346 bits per heavy atom. The van der Waals surface area contributed by atoms with Crippen LogP contribution >= 0.6 is 11.3 Å². The summed E-state index contributed by atoms with van der Waals surface area (Å²) in [5, 5.41) is 3.53. The van der Waals surface area contributed by atoms with Crippen LogP contribution in [0.25, 0.3) is 98.6 Å². The molecule has 0 fully saturated rings. The number of oxazole rings is 1. The molecule has 244 valence electrons. The van der Waals surface area contributed by atoms with Crippen LogP contribution in [-0.2, 0) is 0 Å². The van der Waals surface area contributed by atoms with Gasteiger partial charge in [0.1, 0.15) is 10.5 Å². The summed E-state index contributed by atoms with van der Waals surface area (Å²) >= 11 is 1.73. The quantitative estimate of drug-likeness (QED) is 0.175. The van der Waals surface area contributed by atoms with Gasteiger partial charge in [-0.25, -0.2) is 9.97 Å². The topological polar surface area (TPSA) is 38.9 Å². The fourth-order valence-corrected chi connectivity index (χ4v) is 7.92. The Bertz CT molecular complexity index is 2680. The lowest BCUT2D eigenvalue weighted by molar-refractivity contribution is 0.620. The minimum atomic E-state index is 0.627. The highest BCUT2D eigenvalue weighted by Gasteiger charge is 2.12. The Labute approximate surface area is 305 Å². The highest BCUT2D eigenvalue weighted by molar-refractivity contribution is 7.21. The first-order valence-corrected chi connectivity index (χ1v) is 18.2. The molecule has 10 aromatic rings. The summed E-state index contributed by atoms with van der Waals surface area (Å²) in [6.45, 7) is 0. The molecule has 0 atom stereocenters. The van der Waals surface area contributed by atoms with Crippen LogP contribution in [0.4, 0.5) is 0 Å². The highest BCUT2D eigenvalue weighted by Crippen LogP contribution is 2.37. The first kappa shape index (κ1) is 30.2. The van der Waals surface area contributed by atoms with Crippen molar-refractivity contribution in [3.05, 3.63) is 182 Å². The van der Waals surface area contributed by atoms with Crippen molar-refractivity contribution in [1.82, 2.24) is 9.97 Å². The van der Waals surface area contributed by atoms with E-state index in [1.165, 1.54) is 32.2 Å². The van der Waals surface area contributed by atoms with Gasteiger partial charge in [0.2, 0.25) is 5.89 Å². The van der Waals surface area contributed by atoms with Crippen LogP contribution in [0, 0.1) is 0 Å². The summed E-state index contributed by atoms with van der Waals surface area (Å²) in [7, 11) is 0. The fourth-order valence-electron chi connectivity index (χ4n) is 6.95. The minimum absolute atomic E-state index is 0.627.